The zero-order valence-corrected chi connectivity index (χ0v) is 18.5. The van der Waals surface area contributed by atoms with Gasteiger partial charge in [0.2, 0.25) is 0 Å². The smallest absolute Gasteiger partial charge is 0.166 e. The highest BCUT2D eigenvalue weighted by molar-refractivity contribution is 5.87. The van der Waals surface area contributed by atoms with Gasteiger partial charge in [0, 0.05) is 37.9 Å². The van der Waals surface area contributed by atoms with Crippen LogP contribution in [0.25, 0.3) is 21.9 Å². The fourth-order valence-electron chi connectivity index (χ4n) is 4.03. The molecule has 8 nitrogen and oxygen atoms in total. The second-order valence-corrected chi connectivity index (χ2v) is 8.28. The minimum Gasteiger partial charge on any atom is -0.491 e. The third-order valence-electron chi connectivity index (χ3n) is 5.62. The molecular formula is C24H26N6O2. The molecule has 0 N–H and O–H groups in total. The summed E-state index contributed by atoms with van der Waals surface area (Å²) in [6, 6.07) is 10.1. The Morgan fingerprint density at radius 2 is 2.12 bits per heavy atom. The molecule has 4 aromatic rings. The predicted octanol–water partition coefficient (Wildman–Crippen LogP) is 4.27. The molecule has 0 aliphatic carbocycles. The van der Waals surface area contributed by atoms with Crippen LogP contribution in [0.15, 0.2) is 54.0 Å². The van der Waals surface area contributed by atoms with Crippen LogP contribution in [-0.2, 0) is 4.74 Å². The van der Waals surface area contributed by atoms with E-state index in [1.807, 2.05) is 43.4 Å². The Labute approximate surface area is 186 Å². The summed E-state index contributed by atoms with van der Waals surface area (Å²) >= 11 is 0. The van der Waals surface area contributed by atoms with E-state index < -0.39 is 0 Å². The highest BCUT2D eigenvalue weighted by Gasteiger charge is 2.28. The van der Waals surface area contributed by atoms with Crippen LogP contribution in [0, 0.1) is 6.92 Å². The molecule has 3 aromatic heterocycles. The number of pyridine rings is 1. The van der Waals surface area contributed by atoms with E-state index in [0.29, 0.717) is 12.4 Å². The van der Waals surface area contributed by atoms with Crippen molar-refractivity contribution in [2.75, 3.05) is 20.7 Å². The van der Waals surface area contributed by atoms with Crippen molar-refractivity contribution in [2.45, 2.75) is 32.1 Å². The van der Waals surface area contributed by atoms with Crippen molar-refractivity contribution < 1.29 is 9.47 Å². The third-order valence-corrected chi connectivity index (χ3v) is 5.62. The van der Waals surface area contributed by atoms with Gasteiger partial charge >= 0.3 is 0 Å². The van der Waals surface area contributed by atoms with Crippen molar-refractivity contribution in [3.05, 3.63) is 54.6 Å². The van der Waals surface area contributed by atoms with Gasteiger partial charge in [0.05, 0.1) is 23.3 Å². The number of benzene rings is 1. The van der Waals surface area contributed by atoms with Gasteiger partial charge < -0.3 is 18.9 Å². The minimum absolute atomic E-state index is 0.0179. The fraction of sp³-hybridized carbons (Fsp3) is 0.333. The van der Waals surface area contributed by atoms with Crippen molar-refractivity contribution >= 4 is 34.1 Å². The molecular weight excluding hydrogens is 404 g/mol. The first kappa shape index (κ1) is 20.4. The van der Waals surface area contributed by atoms with E-state index >= 15 is 0 Å². The lowest BCUT2D eigenvalue weighted by atomic mass is 10.1. The van der Waals surface area contributed by atoms with Gasteiger partial charge in [0.25, 0.3) is 0 Å². The normalized spacial score (nSPS) is 18.7. The van der Waals surface area contributed by atoms with Gasteiger partial charge in [-0.2, -0.15) is 0 Å². The molecule has 1 aliphatic rings. The molecule has 0 bridgehead atoms. The van der Waals surface area contributed by atoms with E-state index in [4.69, 9.17) is 9.47 Å². The number of rotatable bonds is 6. The Bertz CT molecular complexity index is 1280. The molecule has 4 heterocycles. The largest absolute Gasteiger partial charge is 0.491 e. The van der Waals surface area contributed by atoms with Crippen LogP contribution in [-0.4, -0.2) is 57.6 Å². The Hall–Kier alpha value is -3.52. The Balaban J connectivity index is 1.28. The summed E-state index contributed by atoms with van der Waals surface area (Å²) < 4.78 is 14.5. The van der Waals surface area contributed by atoms with Crippen LogP contribution in [0.4, 0.5) is 5.82 Å². The third kappa shape index (κ3) is 4.01. The highest BCUT2D eigenvalue weighted by Crippen LogP contribution is 2.33. The molecule has 1 fully saturated rings. The molecule has 0 unspecified atom stereocenters. The molecule has 1 aromatic carbocycles. The zero-order chi connectivity index (χ0) is 22.1. The molecule has 0 amide bonds. The molecule has 32 heavy (non-hydrogen) atoms. The van der Waals surface area contributed by atoms with Gasteiger partial charge in [-0.25, -0.2) is 15.0 Å². The van der Waals surface area contributed by atoms with Gasteiger partial charge in [-0.3, -0.25) is 4.98 Å². The lowest BCUT2D eigenvalue weighted by Gasteiger charge is -2.17. The molecule has 1 aliphatic heterocycles. The molecule has 0 saturated carbocycles. The number of aryl methyl sites for hydroxylation is 1. The number of nitrogens with zero attached hydrogens (tertiary/aromatic N) is 6. The molecule has 5 rings (SSSR count). The van der Waals surface area contributed by atoms with E-state index in [2.05, 4.69) is 43.6 Å². The maximum Gasteiger partial charge on any atom is 0.166 e. The number of hydrogen-bond donors (Lipinski definition) is 0. The van der Waals surface area contributed by atoms with Gasteiger partial charge in [0.1, 0.15) is 30.6 Å². The van der Waals surface area contributed by atoms with Crippen molar-refractivity contribution in [1.82, 2.24) is 24.4 Å². The quantitative estimate of drug-likeness (QED) is 0.336. The van der Waals surface area contributed by atoms with Crippen LogP contribution in [0.3, 0.4) is 0 Å². The van der Waals surface area contributed by atoms with E-state index in [0.717, 1.165) is 46.1 Å². The molecule has 8 heteroatoms. The first-order valence-corrected chi connectivity index (χ1v) is 10.7. The molecule has 0 spiro atoms. The first-order chi connectivity index (χ1) is 15.6. The van der Waals surface area contributed by atoms with Gasteiger partial charge in [-0.1, -0.05) is 6.07 Å². The SMILES string of the molecule is Cc1cc2cccnc2cc1OC[C@@H]1CC[C@H](n2ccc3c(/N=C/N(C)C)ncnc32)O1. The van der Waals surface area contributed by atoms with E-state index in [1.165, 1.54) is 0 Å². The van der Waals surface area contributed by atoms with Gasteiger partial charge in [0.15, 0.2) is 5.82 Å². The lowest BCUT2D eigenvalue weighted by molar-refractivity contribution is -0.0156. The molecule has 0 radical (unpaired) electrons. The van der Waals surface area contributed by atoms with E-state index in [1.54, 1.807) is 18.9 Å². The van der Waals surface area contributed by atoms with Crippen LogP contribution >= 0.6 is 0 Å². The van der Waals surface area contributed by atoms with Crippen molar-refractivity contribution in [3.8, 4) is 5.75 Å². The predicted molar refractivity (Wildman–Crippen MR) is 124 cm³/mol. The topological polar surface area (TPSA) is 77.7 Å². The number of aromatic nitrogens is 4. The monoisotopic (exact) mass is 430 g/mol. The lowest BCUT2D eigenvalue weighted by Crippen LogP contribution is -2.18. The number of aliphatic imine (C=N–C) groups is 1. The standard InChI is InChI=1S/C24H26N6O2/c1-16-11-17-5-4-9-25-20(17)12-21(16)31-13-18-6-7-22(32-18)30-10-8-19-23(28-15-29(2)3)26-14-27-24(19)30/h4-5,8-12,14-15,18,22H,6-7,13H2,1-3H3/b28-15+/t18-,22+/m0/s1. The molecule has 164 valence electrons. The number of ether oxygens (including phenoxy) is 2. The average molecular weight is 431 g/mol. The fourth-order valence-corrected chi connectivity index (χ4v) is 4.03. The summed E-state index contributed by atoms with van der Waals surface area (Å²) in [4.78, 5) is 19.5. The highest BCUT2D eigenvalue weighted by atomic mass is 16.6. The maximum atomic E-state index is 6.32. The minimum atomic E-state index is -0.0824. The van der Waals surface area contributed by atoms with Gasteiger partial charge in [-0.05, 0) is 43.5 Å². The summed E-state index contributed by atoms with van der Waals surface area (Å²) in [6.45, 7) is 2.56. The average Bonchev–Trinajstić information content (AvgIpc) is 3.43. The Morgan fingerprint density at radius 3 is 3.00 bits per heavy atom. The van der Waals surface area contributed by atoms with Crippen molar-refractivity contribution in [1.29, 1.82) is 0 Å². The van der Waals surface area contributed by atoms with Crippen LogP contribution < -0.4 is 4.74 Å². The van der Waals surface area contributed by atoms with Crippen molar-refractivity contribution in [3.63, 3.8) is 0 Å². The van der Waals surface area contributed by atoms with E-state index in [9.17, 15) is 0 Å². The van der Waals surface area contributed by atoms with Crippen LogP contribution in [0.1, 0.15) is 24.6 Å². The molecule has 1 saturated heterocycles. The van der Waals surface area contributed by atoms with E-state index in [-0.39, 0.29) is 12.3 Å². The summed E-state index contributed by atoms with van der Waals surface area (Å²) in [5, 5.41) is 2.03. The number of hydrogen-bond acceptors (Lipinski definition) is 6. The Morgan fingerprint density at radius 1 is 1.22 bits per heavy atom. The van der Waals surface area contributed by atoms with Gasteiger partial charge in [-0.15, -0.1) is 0 Å². The molecule has 2 atom stereocenters. The summed E-state index contributed by atoms with van der Waals surface area (Å²) in [6.07, 6.45) is 8.85. The first-order valence-electron chi connectivity index (χ1n) is 10.7. The van der Waals surface area contributed by atoms with Crippen LogP contribution in [0.5, 0.6) is 5.75 Å². The second kappa shape index (κ2) is 8.55. The number of fused-ring (bicyclic) bond motifs is 2. The van der Waals surface area contributed by atoms with Crippen molar-refractivity contribution in [2.24, 2.45) is 4.99 Å². The zero-order valence-electron chi connectivity index (χ0n) is 18.5. The summed E-state index contributed by atoms with van der Waals surface area (Å²) in [7, 11) is 3.86. The van der Waals surface area contributed by atoms with Crippen LogP contribution in [0.2, 0.25) is 0 Å². The maximum absolute atomic E-state index is 6.32. The summed E-state index contributed by atoms with van der Waals surface area (Å²) in [5.41, 5.74) is 2.86. The summed E-state index contributed by atoms with van der Waals surface area (Å²) in [5.74, 6) is 1.51. The Kier molecular flexibility index (Phi) is 5.45. The second-order valence-electron chi connectivity index (χ2n) is 8.28.